The van der Waals surface area contributed by atoms with Gasteiger partial charge in [0.05, 0.1) is 22.4 Å². The number of aromatic nitrogens is 2. The molecule has 1 aliphatic heterocycles. The Morgan fingerprint density at radius 1 is 1.03 bits per heavy atom. The highest BCUT2D eigenvalue weighted by Crippen LogP contribution is 2.45. The van der Waals surface area contributed by atoms with Crippen molar-refractivity contribution in [2.24, 2.45) is 0 Å². The van der Waals surface area contributed by atoms with E-state index in [2.05, 4.69) is 9.97 Å². The van der Waals surface area contributed by atoms with Gasteiger partial charge in [0.15, 0.2) is 23.2 Å². The summed E-state index contributed by atoms with van der Waals surface area (Å²) in [4.78, 5) is 21.5. The van der Waals surface area contributed by atoms with Crippen LogP contribution in [0, 0.1) is 0 Å². The van der Waals surface area contributed by atoms with E-state index in [1.54, 1.807) is 42.9 Å². The summed E-state index contributed by atoms with van der Waals surface area (Å²) in [7, 11) is 0. The van der Waals surface area contributed by atoms with Crippen molar-refractivity contribution in [3.05, 3.63) is 106 Å². The topological polar surface area (TPSA) is 56.0 Å². The lowest BCUT2D eigenvalue weighted by Gasteiger charge is -2.22. The van der Waals surface area contributed by atoms with E-state index < -0.39 is 0 Å². The average molecular weight is 484 g/mol. The molecule has 0 amide bonds. The number of Topliss-reactive ketones (excluding diaryl/α,β-unsaturated/α-hetero) is 1. The number of carbonyl (C=O) groups excluding carboxylic acids is 1. The summed E-state index contributed by atoms with van der Waals surface area (Å²) in [6.07, 6.45) is 6.53. The number of nitrogens with zero attached hydrogens (tertiary/aromatic N) is 3. The van der Waals surface area contributed by atoms with Crippen LogP contribution < -0.4 is 4.00 Å². The number of carbonyl (C=O) groups is 1. The number of allylic oxidation sites excluding steroid dienone is 1. The number of fused-ring (bicyclic) bond motifs is 1. The van der Waals surface area contributed by atoms with E-state index in [9.17, 15) is 4.79 Å². The van der Waals surface area contributed by atoms with E-state index >= 15 is 0 Å². The largest absolute Gasteiger partial charge is 0.433 e. The maximum Gasteiger partial charge on any atom is 0.269 e. The van der Waals surface area contributed by atoms with Crippen molar-refractivity contribution >= 4 is 52.0 Å². The number of quaternary nitrogens is 1. The van der Waals surface area contributed by atoms with Gasteiger partial charge < -0.3 is 4.42 Å². The van der Waals surface area contributed by atoms with Crippen LogP contribution >= 0.6 is 35.0 Å². The smallest absolute Gasteiger partial charge is 0.269 e. The fraction of sp³-hybridized carbons (Fsp3) is 0.0417. The van der Waals surface area contributed by atoms with Gasteiger partial charge in [0.25, 0.3) is 11.7 Å². The molecule has 2 aromatic heterocycles. The highest BCUT2D eigenvalue weighted by molar-refractivity contribution is 6.36. The molecule has 0 saturated heterocycles. The van der Waals surface area contributed by atoms with Gasteiger partial charge in [-0.25, -0.2) is 4.98 Å². The van der Waals surface area contributed by atoms with Crippen molar-refractivity contribution in [1.82, 2.24) is 14.0 Å². The highest BCUT2D eigenvalue weighted by Gasteiger charge is 2.42. The number of pyridine rings is 1. The zero-order valence-corrected chi connectivity index (χ0v) is 18.8. The van der Waals surface area contributed by atoms with E-state index in [-0.39, 0.29) is 15.7 Å². The van der Waals surface area contributed by atoms with Crippen LogP contribution in [0.4, 0.5) is 5.69 Å². The van der Waals surface area contributed by atoms with Gasteiger partial charge in [-0.2, -0.15) is 4.00 Å². The van der Waals surface area contributed by atoms with Gasteiger partial charge in [-0.3, -0.25) is 9.78 Å². The number of hydrogen-bond donors (Lipinski definition) is 0. The quantitative estimate of drug-likeness (QED) is 0.228. The molecule has 4 aromatic rings. The van der Waals surface area contributed by atoms with E-state index in [4.69, 9.17) is 39.4 Å². The molecular weight excluding hydrogens is 469 g/mol. The second kappa shape index (κ2) is 8.19. The van der Waals surface area contributed by atoms with Gasteiger partial charge >= 0.3 is 0 Å². The molecule has 0 saturated carbocycles. The predicted molar refractivity (Wildman–Crippen MR) is 126 cm³/mol. The van der Waals surface area contributed by atoms with Crippen molar-refractivity contribution in [2.45, 2.75) is 6.54 Å². The Hall–Kier alpha value is -2.96. The first-order valence-corrected chi connectivity index (χ1v) is 10.8. The third-order valence-corrected chi connectivity index (χ3v) is 6.24. The fourth-order valence-corrected chi connectivity index (χ4v) is 4.56. The number of oxazole rings is 1. The maximum atomic E-state index is 13.4. The standard InChI is InChI=1S/C24H15Cl3N3O2/c25-17-6-5-16(20(26)11-17)13-30(27)14-19(18-3-1-2-4-21(18)30)23(31)24-29-12-22(32-24)15-7-9-28-10-8-15/h1-12,14H,13H2/q+1. The van der Waals surface area contributed by atoms with Gasteiger partial charge in [0.2, 0.25) is 0 Å². The molecule has 0 bridgehead atoms. The molecule has 158 valence electrons. The monoisotopic (exact) mass is 482 g/mol. The average Bonchev–Trinajstić information content (AvgIpc) is 3.40. The minimum Gasteiger partial charge on any atom is -0.433 e. The normalized spacial score (nSPS) is 17.2. The first-order valence-electron chi connectivity index (χ1n) is 9.70. The SMILES string of the molecule is O=C(C1=C[N+](Cl)(Cc2ccc(Cl)cc2Cl)c2ccccc21)c1ncc(-c2ccncc2)o1. The van der Waals surface area contributed by atoms with Crippen molar-refractivity contribution in [3.63, 3.8) is 0 Å². The number of ketones is 1. The highest BCUT2D eigenvalue weighted by atomic mass is 35.5. The molecule has 0 aliphatic carbocycles. The molecule has 32 heavy (non-hydrogen) atoms. The van der Waals surface area contributed by atoms with Gasteiger partial charge in [-0.05, 0) is 30.3 Å². The van der Waals surface area contributed by atoms with Gasteiger partial charge in [0.1, 0.15) is 12.7 Å². The lowest BCUT2D eigenvalue weighted by molar-refractivity contribution is 0.102. The summed E-state index contributed by atoms with van der Waals surface area (Å²) in [5.74, 6) is 0.135. The first-order chi connectivity index (χ1) is 15.4. The van der Waals surface area contributed by atoms with Crippen LogP contribution in [0.2, 0.25) is 10.0 Å². The van der Waals surface area contributed by atoms with Crippen LogP contribution in [-0.4, -0.2) is 15.8 Å². The molecule has 1 unspecified atom stereocenters. The number of rotatable bonds is 5. The van der Waals surface area contributed by atoms with Crippen LogP contribution in [0.3, 0.4) is 0 Å². The molecule has 5 rings (SSSR count). The molecule has 0 N–H and O–H groups in total. The first kappa shape index (κ1) is 20.9. The Bertz CT molecular complexity index is 1370. The molecule has 0 spiro atoms. The van der Waals surface area contributed by atoms with E-state index in [0.717, 1.165) is 22.4 Å². The summed E-state index contributed by atoms with van der Waals surface area (Å²) < 4.78 is 5.62. The Balaban J connectivity index is 1.52. The Kier molecular flexibility index (Phi) is 5.35. The van der Waals surface area contributed by atoms with Crippen molar-refractivity contribution in [3.8, 4) is 11.3 Å². The zero-order valence-electron chi connectivity index (χ0n) is 16.5. The molecule has 0 fully saturated rings. The van der Waals surface area contributed by atoms with Crippen LogP contribution in [0.15, 0.2) is 83.8 Å². The molecule has 0 radical (unpaired) electrons. The minimum absolute atomic E-state index is 0.00694. The van der Waals surface area contributed by atoms with E-state index in [1.807, 2.05) is 30.3 Å². The van der Waals surface area contributed by atoms with Gasteiger partial charge in [-0.15, -0.1) is 0 Å². The number of halogens is 3. The summed E-state index contributed by atoms with van der Waals surface area (Å²) >= 11 is 19.4. The Morgan fingerprint density at radius 2 is 1.81 bits per heavy atom. The fourth-order valence-electron chi connectivity index (χ4n) is 3.72. The predicted octanol–water partition coefficient (Wildman–Crippen LogP) is 6.94. The lowest BCUT2D eigenvalue weighted by atomic mass is 10.0. The number of benzene rings is 2. The van der Waals surface area contributed by atoms with E-state index in [0.29, 0.717) is 27.9 Å². The third kappa shape index (κ3) is 3.74. The lowest BCUT2D eigenvalue weighted by Crippen LogP contribution is -2.30. The second-order valence-corrected chi connectivity index (χ2v) is 8.77. The molecule has 8 heteroatoms. The summed E-state index contributed by atoms with van der Waals surface area (Å²) in [6, 6.07) is 16.3. The molecular formula is C24H15Cl3N3O2+. The molecule has 1 aliphatic rings. The van der Waals surface area contributed by atoms with Crippen molar-refractivity contribution < 1.29 is 9.21 Å². The summed E-state index contributed by atoms with van der Waals surface area (Å²) in [6.45, 7) is 0.333. The molecule has 2 aromatic carbocycles. The molecule has 3 heterocycles. The van der Waals surface area contributed by atoms with Gasteiger partial charge in [0, 0.05) is 34.6 Å². The van der Waals surface area contributed by atoms with Crippen LogP contribution in [0.25, 0.3) is 16.9 Å². The second-order valence-electron chi connectivity index (χ2n) is 7.32. The minimum atomic E-state index is -0.347. The van der Waals surface area contributed by atoms with Crippen LogP contribution in [-0.2, 0) is 6.54 Å². The van der Waals surface area contributed by atoms with Crippen molar-refractivity contribution in [2.75, 3.05) is 0 Å². The third-order valence-electron chi connectivity index (χ3n) is 5.25. The number of para-hydroxylation sites is 1. The Labute approximate surface area is 199 Å². The summed E-state index contributed by atoms with van der Waals surface area (Å²) in [5.41, 5.74) is 3.50. The van der Waals surface area contributed by atoms with Gasteiger partial charge in [-0.1, -0.05) is 41.4 Å². The number of hydrogen-bond acceptors (Lipinski definition) is 4. The van der Waals surface area contributed by atoms with Crippen molar-refractivity contribution in [1.29, 1.82) is 0 Å². The molecule has 5 nitrogen and oxygen atoms in total. The van der Waals surface area contributed by atoms with E-state index in [1.165, 1.54) is 6.20 Å². The Morgan fingerprint density at radius 3 is 2.59 bits per heavy atom. The van der Waals surface area contributed by atoms with Crippen LogP contribution in [0.5, 0.6) is 0 Å². The molecule has 1 atom stereocenters. The zero-order chi connectivity index (χ0) is 22.3. The summed E-state index contributed by atoms with van der Waals surface area (Å²) in [5, 5.41) is 1.05. The van der Waals surface area contributed by atoms with Crippen LogP contribution in [0.1, 0.15) is 21.8 Å². The maximum absolute atomic E-state index is 13.4.